The summed E-state index contributed by atoms with van der Waals surface area (Å²) in [6, 6.07) is 4.62. The number of hydrogen-bond acceptors (Lipinski definition) is 11. The number of nitrogens with one attached hydrogen (secondary N) is 5. The second-order valence-corrected chi connectivity index (χ2v) is 13.3. The lowest BCUT2D eigenvalue weighted by molar-refractivity contribution is -0.131. The molecule has 0 heterocycles. The summed E-state index contributed by atoms with van der Waals surface area (Å²) in [6.45, 7) is 6.17. The van der Waals surface area contributed by atoms with Gasteiger partial charge in [-0.05, 0) is 57.4 Å². The predicted molar refractivity (Wildman–Crippen MR) is 187 cm³/mol. The minimum atomic E-state index is -1.35. The van der Waals surface area contributed by atoms with Crippen molar-refractivity contribution in [2.45, 2.75) is 115 Å². The van der Waals surface area contributed by atoms with E-state index in [0.29, 0.717) is 12.7 Å². The number of carbonyl (C=O) groups excluding carboxylic acids is 8. The lowest BCUT2D eigenvalue weighted by Crippen LogP contribution is -2.59. The minimum absolute atomic E-state index is 0.0126. The Kier molecular flexibility index (Phi) is 19.2. The standard InChI is InChI=1S/C34H54N8O9/c1-20(2)17-34(4,19-43)42-33(51)26(16-22-8-6-5-7-9-22)40-30(48)18-38-32(50)25(12-14-28(37)46)39-29(47)15-10-23(35)31(49)41-24(21(3)44)11-13-27(36)45/h5-9,19-20,23-26,33,42,51H,10-18,35H2,1-4H3,(H2,36,45)(H2,37,46)(H,38,50)(H,39,47)(H,40,48)(H,41,49). The maximum Gasteiger partial charge on any atom is 0.243 e. The highest BCUT2D eigenvalue weighted by Crippen LogP contribution is 2.16. The molecule has 6 amide bonds. The van der Waals surface area contributed by atoms with E-state index < -0.39 is 83.7 Å². The Morgan fingerprint density at radius 1 is 0.824 bits per heavy atom. The van der Waals surface area contributed by atoms with Crippen LogP contribution in [0.4, 0.5) is 0 Å². The number of benzene rings is 1. The molecule has 0 aromatic heterocycles. The summed E-state index contributed by atoms with van der Waals surface area (Å²) >= 11 is 0. The number of aliphatic hydroxyl groups excluding tert-OH is 1. The van der Waals surface area contributed by atoms with E-state index in [4.69, 9.17) is 17.2 Å². The van der Waals surface area contributed by atoms with Crippen molar-refractivity contribution in [1.29, 1.82) is 0 Å². The molecule has 0 radical (unpaired) electrons. The fraction of sp³-hybridized carbons (Fsp3) is 0.588. The minimum Gasteiger partial charge on any atom is -0.376 e. The SMILES string of the molecule is CC(=O)C(CCC(N)=O)NC(=O)C(N)CCC(=O)NC(CCC(N)=O)C(=O)NCC(=O)NC(Cc1ccccc1)C(O)NC(C)(C=O)CC(C)C. The molecule has 0 bridgehead atoms. The lowest BCUT2D eigenvalue weighted by atomic mass is 9.91. The van der Waals surface area contributed by atoms with Gasteiger partial charge in [0.15, 0.2) is 5.78 Å². The molecule has 1 rings (SSSR count). The molecule has 6 atom stereocenters. The quantitative estimate of drug-likeness (QED) is 0.0391. The van der Waals surface area contributed by atoms with Crippen molar-refractivity contribution in [3.05, 3.63) is 35.9 Å². The van der Waals surface area contributed by atoms with Gasteiger partial charge in [0.05, 0.1) is 30.2 Å². The zero-order chi connectivity index (χ0) is 38.7. The van der Waals surface area contributed by atoms with Crippen molar-refractivity contribution in [2.75, 3.05) is 6.54 Å². The Labute approximate surface area is 298 Å². The highest BCUT2D eigenvalue weighted by molar-refractivity contribution is 5.92. The number of rotatable bonds is 25. The Balaban J connectivity index is 2.89. The van der Waals surface area contributed by atoms with Gasteiger partial charge in [0.1, 0.15) is 18.6 Å². The van der Waals surface area contributed by atoms with Crippen molar-refractivity contribution in [1.82, 2.24) is 26.6 Å². The molecule has 6 unspecified atom stereocenters. The first-order valence-electron chi connectivity index (χ1n) is 16.8. The van der Waals surface area contributed by atoms with Gasteiger partial charge in [0, 0.05) is 19.3 Å². The highest BCUT2D eigenvalue weighted by atomic mass is 16.3. The molecule has 0 fully saturated rings. The molecule has 0 aliphatic rings. The van der Waals surface area contributed by atoms with Crippen LogP contribution in [-0.4, -0.2) is 95.1 Å². The van der Waals surface area contributed by atoms with E-state index in [9.17, 15) is 43.5 Å². The molecule has 17 nitrogen and oxygen atoms in total. The van der Waals surface area contributed by atoms with Crippen LogP contribution in [0.15, 0.2) is 30.3 Å². The molecule has 0 spiro atoms. The van der Waals surface area contributed by atoms with Gasteiger partial charge in [-0.1, -0.05) is 44.2 Å². The van der Waals surface area contributed by atoms with Crippen LogP contribution in [0.1, 0.15) is 78.2 Å². The molecule has 51 heavy (non-hydrogen) atoms. The topological polar surface area (TPSA) is 295 Å². The third-order valence-corrected chi connectivity index (χ3v) is 7.86. The summed E-state index contributed by atoms with van der Waals surface area (Å²) in [5.41, 5.74) is 16.0. The Bertz CT molecular complexity index is 1360. The Morgan fingerprint density at radius 2 is 1.41 bits per heavy atom. The van der Waals surface area contributed by atoms with E-state index in [1.807, 2.05) is 32.0 Å². The van der Waals surface area contributed by atoms with E-state index in [1.54, 1.807) is 19.1 Å². The third-order valence-electron chi connectivity index (χ3n) is 7.86. The van der Waals surface area contributed by atoms with Crippen LogP contribution in [-0.2, 0) is 44.8 Å². The number of aldehydes is 1. The molecule has 0 saturated carbocycles. The molecule has 1 aromatic carbocycles. The first kappa shape index (κ1) is 44.3. The van der Waals surface area contributed by atoms with Crippen LogP contribution in [0, 0.1) is 5.92 Å². The lowest BCUT2D eigenvalue weighted by Gasteiger charge is -2.33. The molecular formula is C34H54N8O9. The summed E-state index contributed by atoms with van der Waals surface area (Å²) in [6.07, 6.45) is -1.13. The van der Waals surface area contributed by atoms with Crippen LogP contribution in [0.2, 0.25) is 0 Å². The number of Topliss-reactive ketones (excluding diaryl/α,β-unsaturated/α-hetero) is 1. The summed E-state index contributed by atoms with van der Waals surface area (Å²) in [5, 5.41) is 24.0. The summed E-state index contributed by atoms with van der Waals surface area (Å²) < 4.78 is 0. The number of ketones is 1. The van der Waals surface area contributed by atoms with Crippen molar-refractivity contribution >= 4 is 47.5 Å². The van der Waals surface area contributed by atoms with Gasteiger partial charge in [-0.25, -0.2) is 0 Å². The van der Waals surface area contributed by atoms with E-state index in [-0.39, 0.29) is 50.9 Å². The summed E-state index contributed by atoms with van der Waals surface area (Å²) in [7, 11) is 0. The Hall–Kier alpha value is -4.74. The van der Waals surface area contributed by atoms with E-state index >= 15 is 0 Å². The van der Waals surface area contributed by atoms with Crippen LogP contribution in [0.3, 0.4) is 0 Å². The normalized spacial score (nSPS) is 15.2. The number of hydrogen-bond donors (Lipinski definition) is 9. The molecule has 1 aromatic rings. The number of carbonyl (C=O) groups is 8. The maximum absolute atomic E-state index is 13.1. The van der Waals surface area contributed by atoms with Crippen molar-refractivity contribution in [3.63, 3.8) is 0 Å². The average molecular weight is 719 g/mol. The van der Waals surface area contributed by atoms with Gasteiger partial charge in [0.25, 0.3) is 0 Å². The molecule has 284 valence electrons. The van der Waals surface area contributed by atoms with Crippen molar-refractivity contribution < 1.29 is 43.5 Å². The molecule has 0 aliphatic heterocycles. The fourth-order valence-electron chi connectivity index (χ4n) is 5.27. The number of primary amides is 2. The smallest absolute Gasteiger partial charge is 0.243 e. The monoisotopic (exact) mass is 718 g/mol. The van der Waals surface area contributed by atoms with E-state index in [1.165, 1.54) is 6.92 Å². The average Bonchev–Trinajstić information content (AvgIpc) is 3.05. The predicted octanol–water partition coefficient (Wildman–Crippen LogP) is -2.06. The van der Waals surface area contributed by atoms with Crippen molar-refractivity contribution in [2.24, 2.45) is 23.1 Å². The van der Waals surface area contributed by atoms with Gasteiger partial charge < -0.3 is 48.4 Å². The van der Waals surface area contributed by atoms with Gasteiger partial charge in [-0.2, -0.15) is 0 Å². The van der Waals surface area contributed by atoms with Gasteiger partial charge in [-0.3, -0.25) is 38.9 Å². The van der Waals surface area contributed by atoms with Gasteiger partial charge >= 0.3 is 0 Å². The van der Waals surface area contributed by atoms with Crippen LogP contribution in [0.25, 0.3) is 0 Å². The molecule has 0 aliphatic carbocycles. The maximum atomic E-state index is 13.1. The summed E-state index contributed by atoms with van der Waals surface area (Å²) in [4.78, 5) is 97.6. The second-order valence-electron chi connectivity index (χ2n) is 13.3. The van der Waals surface area contributed by atoms with E-state index in [0.717, 1.165) is 5.56 Å². The van der Waals surface area contributed by atoms with Crippen LogP contribution < -0.4 is 43.8 Å². The molecule has 12 N–H and O–H groups in total. The van der Waals surface area contributed by atoms with E-state index in [2.05, 4.69) is 26.6 Å². The van der Waals surface area contributed by atoms with Crippen molar-refractivity contribution in [3.8, 4) is 0 Å². The molecule has 0 saturated heterocycles. The fourth-order valence-corrected chi connectivity index (χ4v) is 5.27. The van der Waals surface area contributed by atoms with Gasteiger partial charge in [0.2, 0.25) is 35.4 Å². The number of aliphatic hydroxyl groups is 1. The van der Waals surface area contributed by atoms with Crippen LogP contribution in [0.5, 0.6) is 0 Å². The number of nitrogens with two attached hydrogens (primary N) is 3. The Morgan fingerprint density at radius 3 is 1.94 bits per heavy atom. The second kappa shape index (κ2) is 22.2. The zero-order valence-corrected chi connectivity index (χ0v) is 29.7. The molecule has 17 heteroatoms. The number of amides is 6. The zero-order valence-electron chi connectivity index (χ0n) is 29.7. The molecular weight excluding hydrogens is 664 g/mol. The van der Waals surface area contributed by atoms with Crippen LogP contribution >= 0.6 is 0 Å². The van der Waals surface area contributed by atoms with Gasteiger partial charge in [-0.15, -0.1) is 0 Å². The largest absolute Gasteiger partial charge is 0.376 e. The highest BCUT2D eigenvalue weighted by Gasteiger charge is 2.32. The summed E-state index contributed by atoms with van der Waals surface area (Å²) in [5.74, 6) is -4.57. The first-order valence-corrected chi connectivity index (χ1v) is 16.8. The third kappa shape index (κ3) is 18.2. The first-order chi connectivity index (χ1) is 23.8.